The van der Waals surface area contributed by atoms with Crippen LogP contribution in [0.25, 0.3) is 0 Å². The fourth-order valence-electron chi connectivity index (χ4n) is 2.29. The first-order chi connectivity index (χ1) is 10.5. The van der Waals surface area contributed by atoms with Crippen LogP contribution in [-0.4, -0.2) is 36.5 Å². The van der Waals surface area contributed by atoms with Crippen LogP contribution in [0.15, 0.2) is 18.2 Å². The maximum Gasteiger partial charge on any atom is 0.321 e. The Kier molecular flexibility index (Phi) is 5.66. The molecule has 0 unspecified atom stereocenters. The zero-order chi connectivity index (χ0) is 16.1. The molecule has 1 aromatic rings. The van der Waals surface area contributed by atoms with E-state index in [4.69, 9.17) is 11.6 Å². The highest BCUT2D eigenvalue weighted by atomic mass is 35.5. The Hall–Kier alpha value is -1.75. The van der Waals surface area contributed by atoms with E-state index in [2.05, 4.69) is 10.6 Å². The number of likely N-dealkylation sites (tertiary alicyclic amines) is 1. The van der Waals surface area contributed by atoms with E-state index in [0.29, 0.717) is 28.7 Å². The SMILES string of the molecule is CC(C)CNC(=O)c1ccc(NC(=O)N2CCCC2)cc1Cl. The summed E-state index contributed by atoms with van der Waals surface area (Å²) in [5.41, 5.74) is 1.02. The number of rotatable bonds is 4. The summed E-state index contributed by atoms with van der Waals surface area (Å²) in [4.78, 5) is 25.8. The number of nitrogens with one attached hydrogen (secondary N) is 2. The first kappa shape index (κ1) is 16.6. The van der Waals surface area contributed by atoms with E-state index in [1.165, 1.54) is 0 Å². The fraction of sp³-hybridized carbons (Fsp3) is 0.500. The average molecular weight is 324 g/mol. The first-order valence-electron chi connectivity index (χ1n) is 7.61. The third-order valence-electron chi connectivity index (χ3n) is 3.53. The van der Waals surface area contributed by atoms with Crippen molar-refractivity contribution in [3.8, 4) is 0 Å². The summed E-state index contributed by atoms with van der Waals surface area (Å²) < 4.78 is 0. The number of urea groups is 1. The lowest BCUT2D eigenvalue weighted by Gasteiger charge is -2.16. The third kappa shape index (κ3) is 4.37. The van der Waals surface area contributed by atoms with Crippen LogP contribution in [0.2, 0.25) is 5.02 Å². The van der Waals surface area contributed by atoms with Crippen LogP contribution in [0.1, 0.15) is 37.0 Å². The minimum Gasteiger partial charge on any atom is -0.352 e. The smallest absolute Gasteiger partial charge is 0.321 e. The summed E-state index contributed by atoms with van der Waals surface area (Å²) >= 11 is 6.16. The summed E-state index contributed by atoms with van der Waals surface area (Å²) in [5, 5.41) is 5.97. The molecule has 0 aliphatic carbocycles. The van der Waals surface area contributed by atoms with Gasteiger partial charge < -0.3 is 15.5 Å². The Balaban J connectivity index is 1.99. The molecule has 2 N–H and O–H groups in total. The van der Waals surface area contributed by atoms with Gasteiger partial charge in [-0.15, -0.1) is 0 Å². The number of halogens is 1. The van der Waals surface area contributed by atoms with Gasteiger partial charge >= 0.3 is 6.03 Å². The highest BCUT2D eigenvalue weighted by molar-refractivity contribution is 6.34. The van der Waals surface area contributed by atoms with Crippen molar-refractivity contribution in [1.82, 2.24) is 10.2 Å². The minimum atomic E-state index is -0.198. The summed E-state index contributed by atoms with van der Waals surface area (Å²) in [6.07, 6.45) is 2.09. The van der Waals surface area contributed by atoms with Crippen molar-refractivity contribution in [1.29, 1.82) is 0 Å². The molecule has 0 spiro atoms. The molecule has 1 aliphatic heterocycles. The van der Waals surface area contributed by atoms with Crippen LogP contribution < -0.4 is 10.6 Å². The van der Waals surface area contributed by atoms with Crippen molar-refractivity contribution in [2.75, 3.05) is 25.0 Å². The highest BCUT2D eigenvalue weighted by Crippen LogP contribution is 2.22. The van der Waals surface area contributed by atoms with Crippen molar-refractivity contribution < 1.29 is 9.59 Å². The Morgan fingerprint density at radius 3 is 2.55 bits per heavy atom. The van der Waals surface area contributed by atoms with Gasteiger partial charge in [-0.3, -0.25) is 4.79 Å². The minimum absolute atomic E-state index is 0.120. The van der Waals surface area contributed by atoms with Crippen molar-refractivity contribution in [2.45, 2.75) is 26.7 Å². The van der Waals surface area contributed by atoms with Crippen molar-refractivity contribution in [2.24, 2.45) is 5.92 Å². The molecule has 6 heteroatoms. The third-order valence-corrected chi connectivity index (χ3v) is 3.84. The molecular weight excluding hydrogens is 302 g/mol. The number of carbonyl (C=O) groups excluding carboxylic acids is 2. The lowest BCUT2D eigenvalue weighted by atomic mass is 10.1. The van der Waals surface area contributed by atoms with Gasteiger partial charge in [0.2, 0.25) is 0 Å². The number of carbonyl (C=O) groups is 2. The quantitative estimate of drug-likeness (QED) is 0.892. The van der Waals surface area contributed by atoms with Gasteiger partial charge in [0.05, 0.1) is 10.6 Å². The van der Waals surface area contributed by atoms with Gasteiger partial charge in [-0.25, -0.2) is 4.79 Å². The van der Waals surface area contributed by atoms with E-state index < -0.39 is 0 Å². The molecule has 0 saturated carbocycles. The summed E-state index contributed by atoms with van der Waals surface area (Å²) in [5.74, 6) is 0.179. The van der Waals surface area contributed by atoms with Gasteiger partial charge in [0, 0.05) is 25.3 Å². The molecule has 2 rings (SSSR count). The van der Waals surface area contributed by atoms with Gasteiger partial charge in [0.15, 0.2) is 0 Å². The van der Waals surface area contributed by atoms with E-state index >= 15 is 0 Å². The zero-order valence-corrected chi connectivity index (χ0v) is 13.7. The highest BCUT2D eigenvalue weighted by Gasteiger charge is 2.18. The van der Waals surface area contributed by atoms with E-state index in [0.717, 1.165) is 25.9 Å². The molecule has 0 bridgehead atoms. The van der Waals surface area contributed by atoms with Crippen LogP contribution >= 0.6 is 11.6 Å². The Morgan fingerprint density at radius 2 is 1.95 bits per heavy atom. The van der Waals surface area contributed by atoms with Gasteiger partial charge in [-0.1, -0.05) is 25.4 Å². The topological polar surface area (TPSA) is 61.4 Å². The maximum atomic E-state index is 12.0. The molecule has 3 amide bonds. The molecule has 0 aromatic heterocycles. The second-order valence-electron chi connectivity index (χ2n) is 5.92. The second kappa shape index (κ2) is 7.49. The predicted octanol–water partition coefficient (Wildman–Crippen LogP) is 3.35. The first-order valence-corrected chi connectivity index (χ1v) is 7.99. The largest absolute Gasteiger partial charge is 0.352 e. The Bertz CT molecular complexity index is 554. The number of nitrogens with zero attached hydrogens (tertiary/aromatic N) is 1. The zero-order valence-electron chi connectivity index (χ0n) is 13.0. The number of hydrogen-bond donors (Lipinski definition) is 2. The van der Waals surface area contributed by atoms with Crippen molar-refractivity contribution >= 4 is 29.2 Å². The van der Waals surface area contributed by atoms with E-state index in [9.17, 15) is 9.59 Å². The fourth-order valence-corrected chi connectivity index (χ4v) is 2.56. The summed E-state index contributed by atoms with van der Waals surface area (Å²) in [6.45, 7) is 6.23. The molecule has 5 nitrogen and oxygen atoms in total. The van der Waals surface area contributed by atoms with Gasteiger partial charge in [-0.2, -0.15) is 0 Å². The van der Waals surface area contributed by atoms with E-state index in [1.807, 2.05) is 13.8 Å². The molecular formula is C16H22ClN3O2. The summed E-state index contributed by atoms with van der Waals surface area (Å²) in [7, 11) is 0. The molecule has 1 saturated heterocycles. The van der Waals surface area contributed by atoms with Crippen LogP contribution in [0.4, 0.5) is 10.5 Å². The number of anilines is 1. The molecule has 0 radical (unpaired) electrons. The van der Waals surface area contributed by atoms with Crippen LogP contribution in [-0.2, 0) is 0 Å². The number of benzene rings is 1. The molecule has 0 atom stereocenters. The van der Waals surface area contributed by atoms with Gasteiger partial charge in [0.1, 0.15) is 0 Å². The molecule has 1 heterocycles. The van der Waals surface area contributed by atoms with Crippen molar-refractivity contribution in [3.05, 3.63) is 28.8 Å². The standard InChI is InChI=1S/C16H22ClN3O2/c1-11(2)10-18-15(21)13-6-5-12(9-14(13)17)19-16(22)20-7-3-4-8-20/h5-6,9,11H,3-4,7-8,10H2,1-2H3,(H,18,21)(H,19,22). The Morgan fingerprint density at radius 1 is 1.27 bits per heavy atom. The monoisotopic (exact) mass is 323 g/mol. The average Bonchev–Trinajstić information content (AvgIpc) is 2.99. The predicted molar refractivity (Wildman–Crippen MR) is 88.4 cm³/mol. The number of amides is 3. The van der Waals surface area contributed by atoms with Gasteiger partial charge in [0.25, 0.3) is 5.91 Å². The van der Waals surface area contributed by atoms with E-state index in [1.54, 1.807) is 23.1 Å². The van der Waals surface area contributed by atoms with Crippen LogP contribution in [0.3, 0.4) is 0 Å². The van der Waals surface area contributed by atoms with Gasteiger partial charge in [-0.05, 0) is 37.0 Å². The van der Waals surface area contributed by atoms with E-state index in [-0.39, 0.29) is 11.9 Å². The maximum absolute atomic E-state index is 12.0. The van der Waals surface area contributed by atoms with Crippen LogP contribution in [0.5, 0.6) is 0 Å². The van der Waals surface area contributed by atoms with Crippen molar-refractivity contribution in [3.63, 3.8) is 0 Å². The second-order valence-corrected chi connectivity index (χ2v) is 6.33. The van der Waals surface area contributed by atoms with Crippen LogP contribution in [0, 0.1) is 5.92 Å². The lowest BCUT2D eigenvalue weighted by molar-refractivity contribution is 0.0949. The molecule has 1 aliphatic rings. The molecule has 1 aromatic carbocycles. The lowest BCUT2D eigenvalue weighted by Crippen LogP contribution is -2.32. The normalized spacial score (nSPS) is 14.3. The molecule has 120 valence electrons. The number of hydrogen-bond acceptors (Lipinski definition) is 2. The Labute approximate surface area is 136 Å². The summed E-state index contributed by atoms with van der Waals surface area (Å²) in [6, 6.07) is 4.83. The molecule has 22 heavy (non-hydrogen) atoms. The molecule has 1 fully saturated rings.